The van der Waals surface area contributed by atoms with Crippen molar-refractivity contribution in [2.75, 3.05) is 6.54 Å². The van der Waals surface area contributed by atoms with E-state index in [1.807, 2.05) is 11.8 Å². The number of nitrogens with zero attached hydrogens (tertiary/aromatic N) is 1. The zero-order valence-corrected chi connectivity index (χ0v) is 11.4. The summed E-state index contributed by atoms with van der Waals surface area (Å²) < 4.78 is 0. The molecule has 0 saturated carbocycles. The number of rotatable bonds is 3. The standard InChI is InChI=1S/C14H22N2O3/c1-2-14(6-3-7-15-14)13(19)16-9-4-5-11(16)10(8-9)12(17)18/h9-11,15H,2-8H2,1H3,(H,17,18). The lowest BCUT2D eigenvalue weighted by Gasteiger charge is -2.34. The predicted molar refractivity (Wildman–Crippen MR) is 69.7 cm³/mol. The van der Waals surface area contributed by atoms with Crippen LogP contribution in [-0.2, 0) is 9.59 Å². The third-order valence-electron chi connectivity index (χ3n) is 5.35. The van der Waals surface area contributed by atoms with Crippen LogP contribution >= 0.6 is 0 Å². The molecule has 3 aliphatic heterocycles. The van der Waals surface area contributed by atoms with E-state index >= 15 is 0 Å². The smallest absolute Gasteiger partial charge is 0.308 e. The van der Waals surface area contributed by atoms with Gasteiger partial charge in [0.2, 0.25) is 5.91 Å². The number of carboxylic acids is 1. The molecule has 5 heteroatoms. The van der Waals surface area contributed by atoms with Gasteiger partial charge in [0.15, 0.2) is 0 Å². The SMILES string of the molecule is CCC1(C(=O)N2C3CCC2C(C(=O)O)C3)CCCN1. The molecule has 3 aliphatic rings. The van der Waals surface area contributed by atoms with Crippen molar-refractivity contribution >= 4 is 11.9 Å². The minimum absolute atomic E-state index is 0.0687. The highest BCUT2D eigenvalue weighted by Gasteiger charge is 2.55. The van der Waals surface area contributed by atoms with Crippen LogP contribution in [0.4, 0.5) is 0 Å². The van der Waals surface area contributed by atoms with E-state index in [1.165, 1.54) is 0 Å². The Morgan fingerprint density at radius 3 is 2.74 bits per heavy atom. The van der Waals surface area contributed by atoms with Gasteiger partial charge in [0, 0.05) is 12.1 Å². The van der Waals surface area contributed by atoms with Gasteiger partial charge in [-0.3, -0.25) is 9.59 Å². The summed E-state index contributed by atoms with van der Waals surface area (Å²) in [5, 5.41) is 12.6. The number of carbonyl (C=O) groups is 2. The van der Waals surface area contributed by atoms with Crippen LogP contribution in [0.1, 0.15) is 45.4 Å². The molecule has 3 heterocycles. The van der Waals surface area contributed by atoms with Crippen molar-refractivity contribution in [1.29, 1.82) is 0 Å². The molecular weight excluding hydrogens is 244 g/mol. The Balaban J connectivity index is 1.83. The van der Waals surface area contributed by atoms with Gasteiger partial charge < -0.3 is 15.3 Å². The van der Waals surface area contributed by atoms with E-state index in [1.54, 1.807) is 0 Å². The Labute approximate surface area is 113 Å². The Morgan fingerprint density at radius 2 is 2.21 bits per heavy atom. The maximum Gasteiger partial charge on any atom is 0.308 e. The van der Waals surface area contributed by atoms with E-state index in [0.717, 1.165) is 38.6 Å². The van der Waals surface area contributed by atoms with Crippen molar-refractivity contribution in [2.24, 2.45) is 5.92 Å². The van der Waals surface area contributed by atoms with Crippen LogP contribution in [0.15, 0.2) is 0 Å². The first-order valence-corrected chi connectivity index (χ1v) is 7.39. The first-order valence-electron chi connectivity index (χ1n) is 7.39. The first kappa shape index (κ1) is 12.9. The Hall–Kier alpha value is -1.10. The molecule has 19 heavy (non-hydrogen) atoms. The summed E-state index contributed by atoms with van der Waals surface area (Å²) >= 11 is 0. The minimum atomic E-state index is -0.741. The van der Waals surface area contributed by atoms with Crippen LogP contribution < -0.4 is 5.32 Å². The van der Waals surface area contributed by atoms with Crippen LogP contribution in [0.5, 0.6) is 0 Å². The first-order chi connectivity index (χ1) is 9.09. The lowest BCUT2D eigenvalue weighted by molar-refractivity contribution is -0.144. The third-order valence-corrected chi connectivity index (χ3v) is 5.35. The molecule has 3 saturated heterocycles. The van der Waals surface area contributed by atoms with E-state index in [0.29, 0.717) is 6.42 Å². The van der Waals surface area contributed by atoms with Crippen molar-refractivity contribution < 1.29 is 14.7 Å². The number of amides is 1. The second kappa shape index (κ2) is 4.47. The molecule has 3 rings (SSSR count). The molecule has 106 valence electrons. The Bertz CT molecular complexity index is 403. The third kappa shape index (κ3) is 1.78. The van der Waals surface area contributed by atoms with Crippen molar-refractivity contribution in [2.45, 2.75) is 63.1 Å². The highest BCUT2D eigenvalue weighted by molar-refractivity contribution is 5.89. The molecule has 4 atom stereocenters. The molecule has 0 radical (unpaired) electrons. The van der Waals surface area contributed by atoms with E-state index in [4.69, 9.17) is 0 Å². The normalized spacial score (nSPS) is 40.9. The molecule has 0 aliphatic carbocycles. The molecule has 0 aromatic rings. The summed E-state index contributed by atoms with van der Waals surface area (Å²) in [5.41, 5.74) is -0.422. The number of carboxylic acid groups (broad SMARTS) is 1. The van der Waals surface area contributed by atoms with E-state index in [-0.39, 0.29) is 23.9 Å². The van der Waals surface area contributed by atoms with E-state index in [9.17, 15) is 14.7 Å². The summed E-state index contributed by atoms with van der Waals surface area (Å²) in [7, 11) is 0. The zero-order valence-electron chi connectivity index (χ0n) is 11.4. The lowest BCUT2D eigenvalue weighted by atomic mass is 9.89. The maximum atomic E-state index is 12.9. The largest absolute Gasteiger partial charge is 0.481 e. The molecular formula is C14H22N2O3. The van der Waals surface area contributed by atoms with Gasteiger partial charge in [-0.15, -0.1) is 0 Å². The van der Waals surface area contributed by atoms with Crippen LogP contribution in [0, 0.1) is 5.92 Å². The van der Waals surface area contributed by atoms with Gasteiger partial charge in [0.25, 0.3) is 0 Å². The maximum absolute atomic E-state index is 12.9. The molecule has 2 bridgehead atoms. The van der Waals surface area contributed by atoms with Gasteiger partial charge >= 0.3 is 5.97 Å². The second-order valence-electron chi connectivity index (χ2n) is 6.16. The fourth-order valence-electron chi connectivity index (χ4n) is 4.26. The molecule has 1 amide bonds. The molecule has 0 spiro atoms. The fourth-order valence-corrected chi connectivity index (χ4v) is 4.26. The quantitative estimate of drug-likeness (QED) is 0.799. The topological polar surface area (TPSA) is 69.6 Å². The highest BCUT2D eigenvalue weighted by atomic mass is 16.4. The fraction of sp³-hybridized carbons (Fsp3) is 0.857. The number of aliphatic carboxylic acids is 1. The van der Waals surface area contributed by atoms with Gasteiger partial charge in [0.05, 0.1) is 11.5 Å². The van der Waals surface area contributed by atoms with Crippen LogP contribution in [0.2, 0.25) is 0 Å². The summed E-state index contributed by atoms with van der Waals surface area (Å²) in [4.78, 5) is 26.1. The molecule has 2 N–H and O–H groups in total. The molecule has 5 nitrogen and oxygen atoms in total. The van der Waals surface area contributed by atoms with Gasteiger partial charge in [-0.2, -0.15) is 0 Å². The number of carbonyl (C=O) groups excluding carboxylic acids is 1. The molecule has 3 fully saturated rings. The van der Waals surface area contributed by atoms with Crippen molar-refractivity contribution in [3.8, 4) is 0 Å². The monoisotopic (exact) mass is 266 g/mol. The predicted octanol–water partition coefficient (Wildman–Crippen LogP) is 0.983. The lowest BCUT2D eigenvalue weighted by Crippen LogP contribution is -2.56. The average molecular weight is 266 g/mol. The van der Waals surface area contributed by atoms with Gasteiger partial charge in [0.1, 0.15) is 0 Å². The zero-order chi connectivity index (χ0) is 13.6. The Morgan fingerprint density at radius 1 is 1.42 bits per heavy atom. The molecule has 4 unspecified atom stereocenters. The average Bonchev–Trinajstić information content (AvgIpc) is 3.12. The number of nitrogens with one attached hydrogen (secondary N) is 1. The van der Waals surface area contributed by atoms with Crippen LogP contribution in [0.3, 0.4) is 0 Å². The summed E-state index contributed by atoms with van der Waals surface area (Å²) in [6.45, 7) is 2.94. The van der Waals surface area contributed by atoms with Gasteiger partial charge in [-0.1, -0.05) is 6.92 Å². The summed E-state index contributed by atoms with van der Waals surface area (Å²) in [6.07, 6.45) is 5.18. The Kier molecular flexibility index (Phi) is 3.04. The second-order valence-corrected chi connectivity index (χ2v) is 6.16. The van der Waals surface area contributed by atoms with E-state index < -0.39 is 11.5 Å². The molecule has 0 aromatic carbocycles. The van der Waals surface area contributed by atoms with Crippen LogP contribution in [-0.4, -0.2) is 46.1 Å². The van der Waals surface area contributed by atoms with Crippen molar-refractivity contribution in [1.82, 2.24) is 10.2 Å². The number of hydrogen-bond acceptors (Lipinski definition) is 3. The minimum Gasteiger partial charge on any atom is -0.481 e. The molecule has 0 aromatic heterocycles. The van der Waals surface area contributed by atoms with Gasteiger partial charge in [-0.05, 0) is 45.1 Å². The van der Waals surface area contributed by atoms with E-state index in [2.05, 4.69) is 5.32 Å². The van der Waals surface area contributed by atoms with Crippen molar-refractivity contribution in [3.05, 3.63) is 0 Å². The number of hydrogen-bond donors (Lipinski definition) is 2. The number of fused-ring (bicyclic) bond motifs is 2. The summed E-state index contributed by atoms with van der Waals surface area (Å²) in [6, 6.07) is 0.0882. The summed E-state index contributed by atoms with van der Waals surface area (Å²) in [5.74, 6) is -0.934. The van der Waals surface area contributed by atoms with Gasteiger partial charge in [-0.25, -0.2) is 0 Å². The highest BCUT2D eigenvalue weighted by Crippen LogP contribution is 2.44. The van der Waals surface area contributed by atoms with Crippen LogP contribution in [0.25, 0.3) is 0 Å². The van der Waals surface area contributed by atoms with Crippen molar-refractivity contribution in [3.63, 3.8) is 0 Å².